The smallest absolute Gasteiger partial charge is 0.230 e. The minimum atomic E-state index is -0.236. The van der Waals surface area contributed by atoms with Crippen LogP contribution in [0.5, 0.6) is 17.4 Å². The number of aromatic hydroxyl groups is 1. The summed E-state index contributed by atoms with van der Waals surface area (Å²) in [6, 6.07) is 5.48. The van der Waals surface area contributed by atoms with E-state index in [0.29, 0.717) is 17.3 Å². The standard InChI is InChI=1S/C20H27N5O4S/c1-13-21-20-25(22-13)19(27)18(30-20)17(24-8-6-23(7-9-24)10-11-26)15-12-14(28-2)4-5-16(15)29-3/h4-5,12,17,26-27H,6-11H2,1-3H3/t17-/m1/s1. The number of ether oxygens (including phenoxy) is 2. The van der Waals surface area contributed by atoms with Crippen molar-refractivity contribution in [1.29, 1.82) is 0 Å². The van der Waals surface area contributed by atoms with E-state index in [0.717, 1.165) is 48.1 Å². The van der Waals surface area contributed by atoms with Crippen LogP contribution in [0.4, 0.5) is 0 Å². The summed E-state index contributed by atoms with van der Waals surface area (Å²) in [5.41, 5.74) is 0.920. The second-order valence-corrected chi connectivity index (χ2v) is 8.26. The van der Waals surface area contributed by atoms with Crippen LogP contribution in [-0.4, -0.2) is 88.2 Å². The van der Waals surface area contributed by atoms with Crippen molar-refractivity contribution < 1.29 is 19.7 Å². The average molecular weight is 434 g/mol. The van der Waals surface area contributed by atoms with Crippen molar-refractivity contribution in [3.05, 3.63) is 34.5 Å². The summed E-state index contributed by atoms with van der Waals surface area (Å²) in [5, 5.41) is 24.6. The Hall–Kier alpha value is -2.40. The highest BCUT2D eigenvalue weighted by Crippen LogP contribution is 2.44. The van der Waals surface area contributed by atoms with Gasteiger partial charge in [0.1, 0.15) is 17.3 Å². The number of piperazine rings is 1. The van der Waals surface area contributed by atoms with Crippen LogP contribution >= 0.6 is 11.3 Å². The molecule has 30 heavy (non-hydrogen) atoms. The number of aliphatic hydroxyl groups is 1. The normalized spacial score (nSPS) is 16.8. The van der Waals surface area contributed by atoms with E-state index in [1.165, 1.54) is 15.9 Å². The van der Waals surface area contributed by atoms with Crippen molar-refractivity contribution in [2.75, 3.05) is 53.6 Å². The van der Waals surface area contributed by atoms with Gasteiger partial charge in [-0.25, -0.2) is 4.98 Å². The maximum atomic E-state index is 11.0. The van der Waals surface area contributed by atoms with Crippen LogP contribution < -0.4 is 9.47 Å². The molecule has 3 aromatic rings. The lowest BCUT2D eigenvalue weighted by molar-refractivity contribution is 0.0937. The third kappa shape index (κ3) is 3.83. The number of hydrogen-bond acceptors (Lipinski definition) is 9. The SMILES string of the molecule is COc1ccc(OC)c([C@H](c2sc3nc(C)nn3c2O)N2CCN(CCO)CC2)c1. The molecule has 1 aromatic carbocycles. The van der Waals surface area contributed by atoms with Gasteiger partial charge < -0.3 is 19.7 Å². The van der Waals surface area contributed by atoms with Gasteiger partial charge in [-0.3, -0.25) is 9.80 Å². The maximum absolute atomic E-state index is 11.0. The summed E-state index contributed by atoms with van der Waals surface area (Å²) in [6.07, 6.45) is 0. The van der Waals surface area contributed by atoms with Crippen molar-refractivity contribution in [3.8, 4) is 17.4 Å². The van der Waals surface area contributed by atoms with E-state index in [1.807, 2.05) is 25.1 Å². The third-order valence-electron chi connectivity index (χ3n) is 5.47. The molecule has 0 spiro atoms. The number of aromatic nitrogens is 3. The molecule has 1 aliphatic rings. The van der Waals surface area contributed by atoms with Crippen LogP contribution in [-0.2, 0) is 0 Å². The molecule has 1 fully saturated rings. The van der Waals surface area contributed by atoms with Crippen LogP contribution in [0.15, 0.2) is 18.2 Å². The third-order valence-corrected chi connectivity index (χ3v) is 6.55. The molecule has 0 radical (unpaired) electrons. The molecule has 162 valence electrons. The highest BCUT2D eigenvalue weighted by Gasteiger charge is 2.33. The van der Waals surface area contributed by atoms with E-state index in [4.69, 9.17) is 9.47 Å². The largest absolute Gasteiger partial charge is 0.497 e. The molecule has 1 aliphatic heterocycles. The Morgan fingerprint density at radius 1 is 1.17 bits per heavy atom. The molecule has 0 amide bonds. The molecule has 1 saturated heterocycles. The molecule has 10 heteroatoms. The van der Waals surface area contributed by atoms with Crippen LogP contribution in [0, 0.1) is 6.92 Å². The monoisotopic (exact) mass is 433 g/mol. The molecule has 0 bridgehead atoms. The fourth-order valence-corrected chi connectivity index (χ4v) is 5.12. The maximum Gasteiger partial charge on any atom is 0.230 e. The predicted molar refractivity (Wildman–Crippen MR) is 114 cm³/mol. The summed E-state index contributed by atoms with van der Waals surface area (Å²) < 4.78 is 12.6. The summed E-state index contributed by atoms with van der Waals surface area (Å²) in [5.74, 6) is 2.18. The zero-order valence-corrected chi connectivity index (χ0v) is 18.2. The van der Waals surface area contributed by atoms with Gasteiger partial charge >= 0.3 is 0 Å². The van der Waals surface area contributed by atoms with Crippen molar-refractivity contribution in [3.63, 3.8) is 0 Å². The number of methoxy groups -OCH3 is 2. The highest BCUT2D eigenvalue weighted by molar-refractivity contribution is 7.17. The number of fused-ring (bicyclic) bond motifs is 1. The van der Waals surface area contributed by atoms with Gasteiger partial charge in [-0.15, -0.1) is 5.10 Å². The summed E-state index contributed by atoms with van der Waals surface area (Å²) >= 11 is 1.43. The van der Waals surface area contributed by atoms with Gasteiger partial charge in [0.2, 0.25) is 10.8 Å². The van der Waals surface area contributed by atoms with Crippen molar-refractivity contribution >= 4 is 16.3 Å². The van der Waals surface area contributed by atoms with E-state index < -0.39 is 0 Å². The molecule has 0 unspecified atom stereocenters. The highest BCUT2D eigenvalue weighted by atomic mass is 32.1. The van der Waals surface area contributed by atoms with E-state index in [2.05, 4.69) is 19.9 Å². The molecule has 1 atom stereocenters. The lowest BCUT2D eigenvalue weighted by atomic mass is 10.0. The summed E-state index contributed by atoms with van der Waals surface area (Å²) in [4.78, 5) is 10.4. The van der Waals surface area contributed by atoms with Crippen LogP contribution in [0.1, 0.15) is 22.3 Å². The zero-order chi connectivity index (χ0) is 21.3. The average Bonchev–Trinajstić information content (AvgIpc) is 3.26. The minimum Gasteiger partial charge on any atom is -0.497 e. The number of benzene rings is 1. The molecule has 2 N–H and O–H groups in total. The summed E-state index contributed by atoms with van der Waals surface area (Å²) in [7, 11) is 3.28. The van der Waals surface area contributed by atoms with Crippen molar-refractivity contribution in [2.45, 2.75) is 13.0 Å². The van der Waals surface area contributed by atoms with Gasteiger partial charge in [0.15, 0.2) is 0 Å². The van der Waals surface area contributed by atoms with Crippen LogP contribution in [0.2, 0.25) is 0 Å². The predicted octanol–water partition coefficient (Wildman–Crippen LogP) is 1.52. The second kappa shape index (κ2) is 8.76. The molecule has 0 aliphatic carbocycles. The second-order valence-electron chi connectivity index (χ2n) is 7.25. The Morgan fingerprint density at radius 2 is 1.93 bits per heavy atom. The first kappa shape index (κ1) is 20.9. The van der Waals surface area contributed by atoms with Crippen molar-refractivity contribution in [1.82, 2.24) is 24.4 Å². The first-order valence-corrected chi connectivity index (χ1v) is 10.7. The van der Waals surface area contributed by atoms with Gasteiger partial charge in [0.25, 0.3) is 0 Å². The Labute approximate surface area is 179 Å². The fourth-order valence-electron chi connectivity index (χ4n) is 3.97. The molecule has 4 rings (SSSR count). The number of aryl methyl sites for hydroxylation is 1. The molecule has 0 saturated carbocycles. The topological polar surface area (TPSA) is 95.6 Å². The number of thiazole rings is 1. The number of β-amino-alcohol motifs (C(OH)–C–C–N with tert-alkyl or cyclic N) is 1. The number of nitrogens with zero attached hydrogens (tertiary/aromatic N) is 5. The van der Waals surface area contributed by atoms with Gasteiger partial charge in [0, 0.05) is 38.3 Å². The van der Waals surface area contributed by atoms with Gasteiger partial charge in [-0.05, 0) is 25.1 Å². The number of rotatable bonds is 7. The lowest BCUT2D eigenvalue weighted by Crippen LogP contribution is -2.48. The van der Waals surface area contributed by atoms with Gasteiger partial charge in [-0.2, -0.15) is 4.52 Å². The molecule has 3 heterocycles. The molecule has 9 nitrogen and oxygen atoms in total. The van der Waals surface area contributed by atoms with Gasteiger partial charge in [0.05, 0.1) is 31.7 Å². The van der Waals surface area contributed by atoms with Crippen LogP contribution in [0.25, 0.3) is 4.96 Å². The Morgan fingerprint density at radius 3 is 2.57 bits per heavy atom. The molecular weight excluding hydrogens is 406 g/mol. The van der Waals surface area contributed by atoms with Gasteiger partial charge in [-0.1, -0.05) is 11.3 Å². The van der Waals surface area contributed by atoms with E-state index in [1.54, 1.807) is 14.2 Å². The first-order chi connectivity index (χ1) is 14.5. The van der Waals surface area contributed by atoms with E-state index in [-0.39, 0.29) is 18.5 Å². The fraction of sp³-hybridized carbons (Fsp3) is 0.500. The summed E-state index contributed by atoms with van der Waals surface area (Å²) in [6.45, 7) is 5.88. The minimum absolute atomic E-state index is 0.100. The van der Waals surface area contributed by atoms with E-state index >= 15 is 0 Å². The quantitative estimate of drug-likeness (QED) is 0.579. The van der Waals surface area contributed by atoms with Crippen LogP contribution in [0.3, 0.4) is 0 Å². The van der Waals surface area contributed by atoms with Crippen molar-refractivity contribution in [2.24, 2.45) is 0 Å². The Balaban J connectivity index is 1.79. The first-order valence-electron chi connectivity index (χ1n) is 9.90. The molecular formula is C20H27N5O4S. The number of hydrogen-bond donors (Lipinski definition) is 2. The number of aliphatic hydroxyl groups excluding tert-OH is 1. The Bertz CT molecular complexity index is 1010. The molecule has 2 aromatic heterocycles. The van der Waals surface area contributed by atoms with E-state index in [9.17, 15) is 10.2 Å². The zero-order valence-electron chi connectivity index (χ0n) is 17.4. The Kier molecular flexibility index (Phi) is 6.09. The lowest BCUT2D eigenvalue weighted by Gasteiger charge is -2.39.